The van der Waals surface area contributed by atoms with Crippen molar-refractivity contribution in [2.24, 2.45) is 0 Å². The number of para-hydroxylation sites is 1. The van der Waals surface area contributed by atoms with Crippen molar-refractivity contribution in [3.63, 3.8) is 0 Å². The number of ketones is 1. The van der Waals surface area contributed by atoms with Crippen LogP contribution in [0.5, 0.6) is 5.75 Å². The van der Waals surface area contributed by atoms with Crippen LogP contribution in [-0.2, 0) is 0 Å². The molecule has 1 heterocycles. The monoisotopic (exact) mass is 275 g/mol. The zero-order chi connectivity index (χ0) is 14.2. The number of likely N-dealkylation sites (tertiary alicyclic amines) is 1. The largest absolute Gasteiger partial charge is 0.493 e. The molecule has 0 amide bonds. The van der Waals surface area contributed by atoms with Crippen LogP contribution in [0.3, 0.4) is 0 Å². The Kier molecular flexibility index (Phi) is 6.06. The van der Waals surface area contributed by atoms with Gasteiger partial charge in [0.05, 0.1) is 18.7 Å². The molecule has 1 aromatic carbocycles. The van der Waals surface area contributed by atoms with Gasteiger partial charge in [0.1, 0.15) is 5.75 Å². The van der Waals surface area contributed by atoms with Crippen LogP contribution in [0, 0.1) is 0 Å². The van der Waals surface area contributed by atoms with E-state index in [9.17, 15) is 4.79 Å². The van der Waals surface area contributed by atoms with Crippen LogP contribution < -0.4 is 4.74 Å². The molecule has 0 spiro atoms. The first-order chi connectivity index (χ1) is 9.81. The molecule has 1 fully saturated rings. The average molecular weight is 275 g/mol. The lowest BCUT2D eigenvalue weighted by Gasteiger charge is -2.24. The smallest absolute Gasteiger partial charge is 0.180 e. The molecule has 0 radical (unpaired) electrons. The number of carbonyl (C=O) groups is 1. The molecule has 0 saturated carbocycles. The Morgan fingerprint density at radius 3 is 2.45 bits per heavy atom. The van der Waals surface area contributed by atoms with Crippen LogP contribution in [0.4, 0.5) is 0 Å². The number of carbonyl (C=O) groups excluding carboxylic acids is 1. The van der Waals surface area contributed by atoms with E-state index < -0.39 is 0 Å². The van der Waals surface area contributed by atoms with Gasteiger partial charge < -0.3 is 4.74 Å². The highest BCUT2D eigenvalue weighted by atomic mass is 16.5. The summed E-state index contributed by atoms with van der Waals surface area (Å²) in [6.45, 7) is 5.14. The van der Waals surface area contributed by atoms with E-state index in [1.54, 1.807) is 0 Å². The molecule has 3 nitrogen and oxygen atoms in total. The number of nitrogens with zero attached hydrogens (tertiary/aromatic N) is 1. The van der Waals surface area contributed by atoms with E-state index in [0.717, 1.165) is 18.7 Å². The Bertz CT molecular complexity index is 423. The van der Waals surface area contributed by atoms with Gasteiger partial charge in [-0.3, -0.25) is 9.69 Å². The van der Waals surface area contributed by atoms with Gasteiger partial charge in [-0.2, -0.15) is 0 Å². The lowest BCUT2D eigenvalue weighted by molar-refractivity contribution is 0.0920. The van der Waals surface area contributed by atoms with Crippen LogP contribution in [0.25, 0.3) is 0 Å². The Labute approximate surface area is 121 Å². The second-order valence-corrected chi connectivity index (χ2v) is 5.40. The lowest BCUT2D eigenvalue weighted by Crippen LogP contribution is -2.32. The first-order valence-electron chi connectivity index (χ1n) is 7.78. The van der Waals surface area contributed by atoms with Crippen molar-refractivity contribution in [2.75, 3.05) is 26.2 Å². The molecule has 1 saturated heterocycles. The minimum Gasteiger partial charge on any atom is -0.493 e. The quantitative estimate of drug-likeness (QED) is 0.770. The Morgan fingerprint density at radius 1 is 1.10 bits per heavy atom. The first-order valence-corrected chi connectivity index (χ1v) is 7.78. The second kappa shape index (κ2) is 8.05. The lowest BCUT2D eigenvalue weighted by atomic mass is 10.1. The molecule has 0 atom stereocenters. The molecule has 0 unspecified atom stereocenters. The van der Waals surface area contributed by atoms with E-state index in [2.05, 4.69) is 4.90 Å². The molecule has 1 aliphatic rings. The minimum absolute atomic E-state index is 0.176. The number of Topliss-reactive ketones (excluding diaryl/α,β-unsaturated/α-hetero) is 1. The van der Waals surface area contributed by atoms with Crippen LogP contribution in [-0.4, -0.2) is 36.9 Å². The van der Waals surface area contributed by atoms with E-state index in [1.807, 2.05) is 31.2 Å². The zero-order valence-corrected chi connectivity index (χ0v) is 12.4. The standard InChI is InChI=1S/C17H25NO2/c1-2-20-17-11-7-6-10-15(17)16(19)14-18-12-8-4-3-5-9-13-18/h6-7,10-11H,2-5,8-9,12-14H2,1H3. The van der Waals surface area contributed by atoms with E-state index in [-0.39, 0.29) is 5.78 Å². The molecule has 3 heteroatoms. The Balaban J connectivity index is 1.99. The third-order valence-electron chi connectivity index (χ3n) is 3.80. The van der Waals surface area contributed by atoms with Crippen LogP contribution in [0.1, 0.15) is 49.4 Å². The van der Waals surface area contributed by atoms with E-state index in [0.29, 0.717) is 18.9 Å². The fourth-order valence-corrected chi connectivity index (χ4v) is 2.74. The fraction of sp³-hybridized carbons (Fsp3) is 0.588. The summed E-state index contributed by atoms with van der Waals surface area (Å²) in [5, 5.41) is 0. The fourth-order valence-electron chi connectivity index (χ4n) is 2.74. The van der Waals surface area contributed by atoms with Crippen molar-refractivity contribution < 1.29 is 9.53 Å². The van der Waals surface area contributed by atoms with Crippen molar-refractivity contribution in [3.8, 4) is 5.75 Å². The molecule has 0 bridgehead atoms. The summed E-state index contributed by atoms with van der Waals surface area (Å²) in [6, 6.07) is 7.57. The SMILES string of the molecule is CCOc1ccccc1C(=O)CN1CCCCCCC1. The van der Waals surface area contributed by atoms with Gasteiger partial charge in [-0.25, -0.2) is 0 Å². The highest BCUT2D eigenvalue weighted by Crippen LogP contribution is 2.19. The minimum atomic E-state index is 0.176. The first kappa shape index (κ1) is 15.0. The Hall–Kier alpha value is -1.35. The number of hydrogen-bond acceptors (Lipinski definition) is 3. The maximum atomic E-state index is 12.5. The van der Waals surface area contributed by atoms with Crippen LogP contribution in [0.2, 0.25) is 0 Å². The van der Waals surface area contributed by atoms with Gasteiger partial charge in [0, 0.05) is 0 Å². The van der Waals surface area contributed by atoms with E-state index in [1.165, 1.54) is 32.1 Å². The zero-order valence-electron chi connectivity index (χ0n) is 12.4. The van der Waals surface area contributed by atoms with Gasteiger partial charge in [-0.05, 0) is 45.0 Å². The summed E-state index contributed by atoms with van der Waals surface area (Å²) in [5.74, 6) is 0.890. The summed E-state index contributed by atoms with van der Waals surface area (Å²) >= 11 is 0. The van der Waals surface area contributed by atoms with Gasteiger partial charge in [0.25, 0.3) is 0 Å². The van der Waals surface area contributed by atoms with Crippen LogP contribution in [0.15, 0.2) is 24.3 Å². The van der Waals surface area contributed by atoms with E-state index >= 15 is 0 Å². The molecule has 1 aromatic rings. The summed E-state index contributed by atoms with van der Waals surface area (Å²) in [7, 11) is 0. The predicted molar refractivity (Wildman–Crippen MR) is 81.5 cm³/mol. The number of ether oxygens (including phenoxy) is 1. The van der Waals surface area contributed by atoms with Crippen molar-refractivity contribution >= 4 is 5.78 Å². The molecule has 0 aromatic heterocycles. The van der Waals surface area contributed by atoms with Gasteiger partial charge in [0.2, 0.25) is 0 Å². The molecule has 110 valence electrons. The second-order valence-electron chi connectivity index (χ2n) is 5.40. The van der Waals surface area contributed by atoms with Crippen molar-refractivity contribution in [2.45, 2.75) is 39.0 Å². The highest BCUT2D eigenvalue weighted by Gasteiger charge is 2.16. The summed E-state index contributed by atoms with van der Waals surface area (Å²) < 4.78 is 5.55. The van der Waals surface area contributed by atoms with Gasteiger partial charge in [-0.1, -0.05) is 31.4 Å². The summed E-state index contributed by atoms with van der Waals surface area (Å²) in [5.41, 5.74) is 0.719. The molecule has 20 heavy (non-hydrogen) atoms. The Morgan fingerprint density at radius 2 is 1.75 bits per heavy atom. The van der Waals surface area contributed by atoms with E-state index in [4.69, 9.17) is 4.74 Å². The molecule has 1 aliphatic heterocycles. The normalized spacial score (nSPS) is 17.2. The third-order valence-corrected chi connectivity index (χ3v) is 3.80. The van der Waals surface area contributed by atoms with Crippen molar-refractivity contribution in [1.29, 1.82) is 0 Å². The molecule has 2 rings (SSSR count). The number of rotatable bonds is 5. The molecular formula is C17H25NO2. The van der Waals surface area contributed by atoms with Crippen molar-refractivity contribution in [3.05, 3.63) is 29.8 Å². The van der Waals surface area contributed by atoms with Crippen molar-refractivity contribution in [1.82, 2.24) is 4.90 Å². The van der Waals surface area contributed by atoms with Gasteiger partial charge >= 0.3 is 0 Å². The molecule has 0 aliphatic carbocycles. The summed E-state index contributed by atoms with van der Waals surface area (Å²) in [6.07, 6.45) is 6.34. The highest BCUT2D eigenvalue weighted by molar-refractivity contribution is 6.00. The maximum Gasteiger partial charge on any atom is 0.180 e. The summed E-state index contributed by atoms with van der Waals surface area (Å²) in [4.78, 5) is 14.8. The van der Waals surface area contributed by atoms with Gasteiger partial charge in [-0.15, -0.1) is 0 Å². The number of benzene rings is 1. The topological polar surface area (TPSA) is 29.5 Å². The maximum absolute atomic E-state index is 12.5. The molecular weight excluding hydrogens is 250 g/mol. The third kappa shape index (κ3) is 4.34. The average Bonchev–Trinajstić information content (AvgIpc) is 2.42. The predicted octanol–water partition coefficient (Wildman–Crippen LogP) is 3.53. The van der Waals surface area contributed by atoms with Crippen LogP contribution >= 0.6 is 0 Å². The molecule has 0 N–H and O–H groups in total. The van der Waals surface area contributed by atoms with Gasteiger partial charge in [0.15, 0.2) is 5.78 Å². The number of hydrogen-bond donors (Lipinski definition) is 0.